The molecule has 1 fully saturated rings. The van der Waals surface area contributed by atoms with Crippen LogP contribution < -0.4 is 21.9 Å². The van der Waals surface area contributed by atoms with Crippen LogP contribution in [0.2, 0.25) is 0 Å². The van der Waals surface area contributed by atoms with Gasteiger partial charge in [-0.25, -0.2) is 22.9 Å². The van der Waals surface area contributed by atoms with Crippen molar-refractivity contribution in [2.45, 2.75) is 50.2 Å². The van der Waals surface area contributed by atoms with E-state index in [4.69, 9.17) is 21.9 Å². The maximum absolute atomic E-state index is 12.8. The standard InChI is InChI=1S/C18H29N7O4S/c1-18(2,3)29-17(26)25-9-7-12(8-10-25)24-30(27,28)14-6-4-5-13(11-14)22-16(21)23-15(19)20/h4-6,11-12,24H,7-10H2,1-3H3,(H6,19,20,21,22,23). The Morgan fingerprint density at radius 3 is 2.40 bits per heavy atom. The summed E-state index contributed by atoms with van der Waals surface area (Å²) in [7, 11) is -3.79. The summed E-state index contributed by atoms with van der Waals surface area (Å²) in [4.78, 5) is 21.3. The van der Waals surface area contributed by atoms with E-state index in [1.807, 2.05) is 0 Å². The van der Waals surface area contributed by atoms with E-state index in [1.165, 1.54) is 12.1 Å². The van der Waals surface area contributed by atoms with Gasteiger partial charge in [-0.1, -0.05) is 6.07 Å². The van der Waals surface area contributed by atoms with E-state index in [-0.39, 0.29) is 22.9 Å². The Hall–Kier alpha value is -2.86. The van der Waals surface area contributed by atoms with Crippen LogP contribution in [0, 0.1) is 0 Å². The molecule has 7 N–H and O–H groups in total. The number of amides is 1. The van der Waals surface area contributed by atoms with Gasteiger partial charge < -0.3 is 26.8 Å². The van der Waals surface area contributed by atoms with Crippen LogP contribution in [-0.4, -0.2) is 56.1 Å². The van der Waals surface area contributed by atoms with Gasteiger partial charge in [-0.15, -0.1) is 0 Å². The third-order valence-corrected chi connectivity index (χ3v) is 5.60. The first-order valence-electron chi connectivity index (χ1n) is 9.40. The summed E-state index contributed by atoms with van der Waals surface area (Å²) in [5.41, 5.74) is 15.8. The maximum Gasteiger partial charge on any atom is 0.410 e. The van der Waals surface area contributed by atoms with Crippen LogP contribution in [0.25, 0.3) is 0 Å². The van der Waals surface area contributed by atoms with Crippen LogP contribution in [0.1, 0.15) is 33.6 Å². The number of nitrogens with zero attached hydrogens (tertiary/aromatic N) is 3. The number of ether oxygens (including phenoxy) is 1. The Bertz CT molecular complexity index is 926. The first-order chi connectivity index (χ1) is 13.9. The van der Waals surface area contributed by atoms with Crippen molar-refractivity contribution in [3.8, 4) is 0 Å². The molecule has 0 atom stereocenters. The Kier molecular flexibility index (Phi) is 7.26. The molecule has 0 unspecified atom stereocenters. The van der Waals surface area contributed by atoms with Gasteiger partial charge >= 0.3 is 6.09 Å². The number of hydrogen-bond donors (Lipinski definition) is 4. The summed E-state index contributed by atoms with van der Waals surface area (Å²) in [6.45, 7) is 6.21. The molecule has 0 spiro atoms. The molecule has 30 heavy (non-hydrogen) atoms. The van der Waals surface area contributed by atoms with Crippen LogP contribution in [0.15, 0.2) is 39.1 Å². The molecule has 166 valence electrons. The zero-order valence-electron chi connectivity index (χ0n) is 17.3. The summed E-state index contributed by atoms with van der Waals surface area (Å²) in [6, 6.07) is 5.64. The fourth-order valence-corrected chi connectivity index (χ4v) is 4.15. The number of guanidine groups is 2. The Labute approximate surface area is 176 Å². The molecule has 12 heteroatoms. The van der Waals surface area contributed by atoms with E-state index in [0.717, 1.165) is 0 Å². The van der Waals surface area contributed by atoms with Gasteiger partial charge in [0.25, 0.3) is 0 Å². The lowest BCUT2D eigenvalue weighted by molar-refractivity contribution is 0.0203. The number of benzene rings is 1. The van der Waals surface area contributed by atoms with Gasteiger partial charge in [-0.05, 0) is 51.8 Å². The molecule has 11 nitrogen and oxygen atoms in total. The summed E-state index contributed by atoms with van der Waals surface area (Å²) in [5.74, 6) is -0.438. The third-order valence-electron chi connectivity index (χ3n) is 4.08. The smallest absolute Gasteiger partial charge is 0.410 e. The zero-order valence-corrected chi connectivity index (χ0v) is 18.1. The van der Waals surface area contributed by atoms with Gasteiger partial charge in [0.05, 0.1) is 10.6 Å². The fraction of sp³-hybridized carbons (Fsp3) is 0.500. The molecule has 0 radical (unpaired) electrons. The van der Waals surface area contributed by atoms with Gasteiger partial charge in [0.1, 0.15) is 5.60 Å². The number of hydrogen-bond acceptors (Lipinski definition) is 5. The molecule has 2 rings (SSSR count). The van der Waals surface area contributed by atoms with Crippen molar-refractivity contribution in [2.75, 3.05) is 13.1 Å². The van der Waals surface area contributed by atoms with Crippen molar-refractivity contribution >= 4 is 33.7 Å². The Morgan fingerprint density at radius 2 is 1.83 bits per heavy atom. The van der Waals surface area contributed by atoms with Crippen molar-refractivity contribution in [2.24, 2.45) is 27.2 Å². The summed E-state index contributed by atoms with van der Waals surface area (Å²) in [6.07, 6.45) is 0.564. The minimum Gasteiger partial charge on any atom is -0.444 e. The highest BCUT2D eigenvalue weighted by Crippen LogP contribution is 2.21. The van der Waals surface area contributed by atoms with Crippen molar-refractivity contribution in [3.05, 3.63) is 24.3 Å². The number of likely N-dealkylation sites (tertiary alicyclic amines) is 1. The molecule has 0 aromatic heterocycles. The lowest BCUT2D eigenvalue weighted by Crippen LogP contribution is -2.47. The predicted octanol–water partition coefficient (Wildman–Crippen LogP) is 0.584. The average Bonchev–Trinajstić information content (AvgIpc) is 2.60. The molecule has 0 aliphatic carbocycles. The average molecular weight is 440 g/mol. The van der Waals surface area contributed by atoms with Crippen LogP contribution in [0.3, 0.4) is 0 Å². The van der Waals surface area contributed by atoms with Crippen molar-refractivity contribution < 1.29 is 17.9 Å². The van der Waals surface area contributed by atoms with Gasteiger partial charge in [-0.3, -0.25) is 0 Å². The van der Waals surface area contributed by atoms with Gasteiger partial charge in [0.15, 0.2) is 5.96 Å². The number of rotatable bonds is 4. The van der Waals surface area contributed by atoms with Gasteiger partial charge in [0, 0.05) is 19.1 Å². The van der Waals surface area contributed by atoms with Crippen LogP contribution >= 0.6 is 0 Å². The largest absolute Gasteiger partial charge is 0.444 e. The molecule has 1 aromatic carbocycles. The highest BCUT2D eigenvalue weighted by molar-refractivity contribution is 7.89. The molecule has 1 aliphatic heterocycles. The molecule has 1 saturated heterocycles. The molecular weight excluding hydrogens is 410 g/mol. The van der Waals surface area contributed by atoms with Crippen LogP contribution in [0.4, 0.5) is 10.5 Å². The lowest BCUT2D eigenvalue weighted by atomic mass is 10.1. The van der Waals surface area contributed by atoms with E-state index >= 15 is 0 Å². The second kappa shape index (κ2) is 9.30. The van der Waals surface area contributed by atoms with Gasteiger partial charge in [0.2, 0.25) is 16.0 Å². The highest BCUT2D eigenvalue weighted by atomic mass is 32.2. The number of carbonyl (C=O) groups is 1. The molecule has 0 saturated carbocycles. The van der Waals surface area contributed by atoms with E-state index < -0.39 is 21.7 Å². The van der Waals surface area contributed by atoms with E-state index in [9.17, 15) is 13.2 Å². The quantitative estimate of drug-likeness (QED) is 0.391. The minimum absolute atomic E-state index is 0.0378. The van der Waals surface area contributed by atoms with Gasteiger partial charge in [-0.2, -0.15) is 4.99 Å². The number of piperidine rings is 1. The maximum atomic E-state index is 12.8. The van der Waals surface area contributed by atoms with Crippen molar-refractivity contribution in [3.63, 3.8) is 0 Å². The molecular formula is C18H29N7O4S. The normalized spacial score (nSPS) is 16.2. The van der Waals surface area contributed by atoms with Crippen LogP contribution in [0.5, 0.6) is 0 Å². The first kappa shape index (κ1) is 23.4. The topological polar surface area (TPSA) is 178 Å². The lowest BCUT2D eigenvalue weighted by Gasteiger charge is -2.33. The van der Waals surface area contributed by atoms with E-state index in [1.54, 1.807) is 37.8 Å². The fourth-order valence-electron chi connectivity index (χ4n) is 2.80. The predicted molar refractivity (Wildman–Crippen MR) is 115 cm³/mol. The summed E-state index contributed by atoms with van der Waals surface area (Å²) in [5, 5.41) is 0. The number of aliphatic imine (C=N–C) groups is 2. The molecule has 1 aromatic rings. The SMILES string of the molecule is CC(C)(C)OC(=O)N1CCC(NS(=O)(=O)c2cccc(N=C(N)N=C(N)N)c2)CC1. The number of sulfonamides is 1. The zero-order chi connectivity index (χ0) is 22.5. The molecule has 1 aliphatic rings. The third kappa shape index (κ3) is 7.19. The highest BCUT2D eigenvalue weighted by Gasteiger charge is 2.29. The second-order valence-corrected chi connectivity index (χ2v) is 9.58. The minimum atomic E-state index is -3.79. The summed E-state index contributed by atoms with van der Waals surface area (Å²) < 4.78 is 33.5. The number of nitrogens with two attached hydrogens (primary N) is 3. The number of carbonyl (C=O) groups excluding carboxylic acids is 1. The second-order valence-electron chi connectivity index (χ2n) is 7.87. The molecule has 1 heterocycles. The monoisotopic (exact) mass is 439 g/mol. The summed E-state index contributed by atoms with van der Waals surface area (Å²) >= 11 is 0. The van der Waals surface area contributed by atoms with Crippen molar-refractivity contribution in [1.82, 2.24) is 9.62 Å². The number of nitrogens with one attached hydrogen (secondary N) is 1. The van der Waals surface area contributed by atoms with Crippen LogP contribution in [-0.2, 0) is 14.8 Å². The molecule has 0 bridgehead atoms. The molecule has 1 amide bonds. The first-order valence-corrected chi connectivity index (χ1v) is 10.9. The Balaban J connectivity index is 2.02. The van der Waals surface area contributed by atoms with E-state index in [2.05, 4.69) is 14.7 Å². The van der Waals surface area contributed by atoms with Crippen molar-refractivity contribution in [1.29, 1.82) is 0 Å². The van der Waals surface area contributed by atoms with E-state index in [0.29, 0.717) is 31.6 Å². The Morgan fingerprint density at radius 1 is 1.20 bits per heavy atom.